The minimum absolute atomic E-state index is 0.170. The first kappa shape index (κ1) is 23.3. The van der Waals surface area contributed by atoms with Crippen LogP contribution in [-0.4, -0.2) is 36.3 Å². The molecule has 0 saturated carbocycles. The average Bonchev–Trinajstić information content (AvgIpc) is 2.96. The highest BCUT2D eigenvalue weighted by molar-refractivity contribution is 6.00. The van der Waals surface area contributed by atoms with Gasteiger partial charge in [0.05, 0.1) is 5.92 Å². The molecule has 0 bridgehead atoms. The molecule has 0 radical (unpaired) electrons. The first-order valence-corrected chi connectivity index (χ1v) is 9.57. The summed E-state index contributed by atoms with van der Waals surface area (Å²) in [7, 11) is 0. The lowest BCUT2D eigenvalue weighted by molar-refractivity contribution is -0.135. The third kappa shape index (κ3) is 7.39. The van der Waals surface area contributed by atoms with E-state index in [2.05, 4.69) is 43.6 Å². The summed E-state index contributed by atoms with van der Waals surface area (Å²) >= 11 is 0. The van der Waals surface area contributed by atoms with Gasteiger partial charge in [0.15, 0.2) is 0 Å². The number of nitrogens with one attached hydrogen (secondary N) is 1. The first-order chi connectivity index (χ1) is 12.0. The summed E-state index contributed by atoms with van der Waals surface area (Å²) in [5, 5.41) is 2.42. The molecule has 0 spiro atoms. The second-order valence-electron chi connectivity index (χ2n) is 6.08. The molecule has 0 aromatic heterocycles. The standard InChI is InChI=1S/C16H22N2O2.C3H8.C2H6/c1-4-12(14-6-7-15(19)17-16(14)20)8-13-10-18(5-2)9-11(13)3;1-3-2;1-2/h4,8,14H,3,5-7,9-10H2,1-2H3,(H,17,19,20);3H2,1-2H3;1-2H3/b12-4+,13-8-;;. The van der Waals surface area contributed by atoms with Gasteiger partial charge in [-0.05, 0) is 36.6 Å². The Labute approximate surface area is 154 Å². The van der Waals surface area contributed by atoms with Crippen molar-refractivity contribution in [1.82, 2.24) is 10.2 Å². The van der Waals surface area contributed by atoms with Crippen molar-refractivity contribution in [3.63, 3.8) is 0 Å². The number of likely N-dealkylation sites (tertiary alicyclic amines) is 1. The number of imide groups is 1. The first-order valence-electron chi connectivity index (χ1n) is 9.57. The van der Waals surface area contributed by atoms with E-state index in [4.69, 9.17) is 0 Å². The van der Waals surface area contributed by atoms with Crippen LogP contribution in [0.5, 0.6) is 0 Å². The molecule has 2 fully saturated rings. The van der Waals surface area contributed by atoms with E-state index < -0.39 is 0 Å². The normalized spacial score (nSPS) is 22.8. The van der Waals surface area contributed by atoms with Crippen LogP contribution >= 0.6 is 0 Å². The lowest BCUT2D eigenvalue weighted by Gasteiger charge is -2.22. The topological polar surface area (TPSA) is 49.4 Å². The Balaban J connectivity index is 0.00000104. The molecule has 2 aliphatic heterocycles. The molecular weight excluding hydrogens is 312 g/mol. The summed E-state index contributed by atoms with van der Waals surface area (Å²) in [6.45, 7) is 19.2. The van der Waals surface area contributed by atoms with E-state index >= 15 is 0 Å². The minimum atomic E-state index is -0.214. The van der Waals surface area contributed by atoms with Crippen LogP contribution < -0.4 is 5.32 Å². The largest absolute Gasteiger partial charge is 0.296 e. The number of carbonyl (C=O) groups is 2. The zero-order chi connectivity index (χ0) is 19.4. The van der Waals surface area contributed by atoms with E-state index in [-0.39, 0.29) is 17.7 Å². The number of piperidine rings is 1. The summed E-state index contributed by atoms with van der Waals surface area (Å²) in [5.41, 5.74) is 3.31. The molecule has 2 saturated heterocycles. The van der Waals surface area contributed by atoms with Gasteiger partial charge in [0.25, 0.3) is 0 Å². The molecule has 142 valence electrons. The Kier molecular flexibility index (Phi) is 11.8. The molecule has 1 atom stereocenters. The van der Waals surface area contributed by atoms with Crippen molar-refractivity contribution in [2.45, 2.75) is 60.8 Å². The van der Waals surface area contributed by atoms with E-state index in [0.717, 1.165) is 30.8 Å². The highest BCUT2D eigenvalue weighted by atomic mass is 16.2. The Morgan fingerprint density at radius 1 is 1.24 bits per heavy atom. The average molecular weight is 349 g/mol. The van der Waals surface area contributed by atoms with E-state index in [0.29, 0.717) is 12.8 Å². The van der Waals surface area contributed by atoms with E-state index in [9.17, 15) is 9.59 Å². The summed E-state index contributed by atoms with van der Waals surface area (Å²) < 4.78 is 0. The maximum absolute atomic E-state index is 11.9. The van der Waals surface area contributed by atoms with Crippen molar-refractivity contribution < 1.29 is 9.59 Å². The third-order valence-corrected chi connectivity index (χ3v) is 4.03. The van der Waals surface area contributed by atoms with Gasteiger partial charge in [-0.25, -0.2) is 0 Å². The fraction of sp³-hybridized carbons (Fsp3) is 0.619. The second-order valence-corrected chi connectivity index (χ2v) is 6.08. The lowest BCUT2D eigenvalue weighted by Crippen LogP contribution is -2.41. The molecule has 2 heterocycles. The summed E-state index contributed by atoms with van der Waals surface area (Å²) in [4.78, 5) is 25.5. The number of hydrogen-bond donors (Lipinski definition) is 1. The molecule has 2 rings (SSSR count). The van der Waals surface area contributed by atoms with Gasteiger partial charge in [0.1, 0.15) is 0 Å². The molecule has 0 aromatic rings. The fourth-order valence-electron chi connectivity index (χ4n) is 2.75. The Bertz CT molecular complexity index is 518. The number of allylic oxidation sites excluding steroid dienone is 2. The fourth-order valence-corrected chi connectivity index (χ4v) is 2.75. The minimum Gasteiger partial charge on any atom is -0.296 e. The van der Waals surface area contributed by atoms with Crippen molar-refractivity contribution >= 4 is 11.8 Å². The van der Waals surface area contributed by atoms with Crippen LogP contribution in [0.4, 0.5) is 0 Å². The Morgan fingerprint density at radius 2 is 1.84 bits per heavy atom. The van der Waals surface area contributed by atoms with Gasteiger partial charge in [-0.15, -0.1) is 0 Å². The smallest absolute Gasteiger partial charge is 0.234 e. The van der Waals surface area contributed by atoms with E-state index in [1.54, 1.807) is 0 Å². The van der Waals surface area contributed by atoms with Crippen molar-refractivity contribution in [2.24, 2.45) is 5.92 Å². The predicted molar refractivity (Wildman–Crippen MR) is 106 cm³/mol. The summed E-state index contributed by atoms with van der Waals surface area (Å²) in [5.74, 6) is -0.562. The third-order valence-electron chi connectivity index (χ3n) is 4.03. The summed E-state index contributed by atoms with van der Waals surface area (Å²) in [6, 6.07) is 0. The van der Waals surface area contributed by atoms with Crippen molar-refractivity contribution in [3.8, 4) is 0 Å². The van der Waals surface area contributed by atoms with Crippen LogP contribution in [0, 0.1) is 5.92 Å². The molecule has 2 amide bonds. The molecule has 2 aliphatic rings. The van der Waals surface area contributed by atoms with Crippen molar-refractivity contribution in [2.75, 3.05) is 19.6 Å². The molecule has 0 aliphatic carbocycles. The van der Waals surface area contributed by atoms with Gasteiger partial charge in [-0.2, -0.15) is 0 Å². The zero-order valence-corrected chi connectivity index (χ0v) is 16.9. The van der Waals surface area contributed by atoms with E-state index in [1.807, 2.05) is 26.8 Å². The number of rotatable bonds is 3. The van der Waals surface area contributed by atoms with Crippen LogP contribution in [0.2, 0.25) is 0 Å². The van der Waals surface area contributed by atoms with Crippen LogP contribution in [-0.2, 0) is 9.59 Å². The highest BCUT2D eigenvalue weighted by Gasteiger charge is 2.29. The van der Waals surface area contributed by atoms with Gasteiger partial charge < -0.3 is 0 Å². The van der Waals surface area contributed by atoms with Gasteiger partial charge in [-0.1, -0.05) is 59.8 Å². The molecule has 4 nitrogen and oxygen atoms in total. The molecule has 0 aromatic carbocycles. The molecule has 1 unspecified atom stereocenters. The zero-order valence-electron chi connectivity index (χ0n) is 16.9. The van der Waals surface area contributed by atoms with Crippen molar-refractivity contribution in [3.05, 3.63) is 35.5 Å². The van der Waals surface area contributed by atoms with Crippen LogP contribution in [0.15, 0.2) is 35.5 Å². The SMILES string of the molecule is C=C1CN(CC)C/C1=C/C(=C\C)C1CCC(=O)NC1=O.CC.CCC. The molecule has 1 N–H and O–H groups in total. The van der Waals surface area contributed by atoms with Crippen molar-refractivity contribution in [1.29, 1.82) is 0 Å². The highest BCUT2D eigenvalue weighted by Crippen LogP contribution is 2.27. The second kappa shape index (κ2) is 12.6. The molecular formula is C21H36N2O2. The van der Waals surface area contributed by atoms with Gasteiger partial charge >= 0.3 is 0 Å². The predicted octanol–water partition coefficient (Wildman–Crippen LogP) is 4.25. The molecule has 25 heavy (non-hydrogen) atoms. The Morgan fingerprint density at radius 3 is 2.28 bits per heavy atom. The number of likely N-dealkylation sites (N-methyl/N-ethyl adjacent to an activating group) is 1. The van der Waals surface area contributed by atoms with Crippen LogP contribution in [0.1, 0.15) is 60.8 Å². The summed E-state index contributed by atoms with van der Waals surface area (Å²) in [6.07, 6.45) is 6.31. The van der Waals surface area contributed by atoms with Crippen LogP contribution in [0.25, 0.3) is 0 Å². The lowest BCUT2D eigenvalue weighted by atomic mass is 9.88. The number of carbonyl (C=O) groups excluding carboxylic acids is 2. The Hall–Kier alpha value is -1.68. The maximum Gasteiger partial charge on any atom is 0.234 e. The van der Waals surface area contributed by atoms with E-state index in [1.165, 1.54) is 12.0 Å². The van der Waals surface area contributed by atoms with Gasteiger partial charge in [0.2, 0.25) is 11.8 Å². The monoisotopic (exact) mass is 348 g/mol. The van der Waals surface area contributed by atoms with Gasteiger partial charge in [-0.3, -0.25) is 19.8 Å². The quantitative estimate of drug-likeness (QED) is 0.776. The molecule has 4 heteroatoms. The number of amides is 2. The number of nitrogens with zero attached hydrogens (tertiary/aromatic N) is 1. The maximum atomic E-state index is 11.9. The van der Waals surface area contributed by atoms with Gasteiger partial charge in [0, 0.05) is 19.5 Å². The number of hydrogen-bond acceptors (Lipinski definition) is 3. The van der Waals surface area contributed by atoms with Crippen LogP contribution in [0.3, 0.4) is 0 Å².